The zero-order chi connectivity index (χ0) is 16.8. The van der Waals surface area contributed by atoms with Gasteiger partial charge in [0.1, 0.15) is 19.6 Å². The average Bonchev–Trinajstić information content (AvgIpc) is 2.42. The fourth-order valence-electron chi connectivity index (χ4n) is 1.44. The van der Waals surface area contributed by atoms with Crippen molar-refractivity contribution >= 4 is 17.4 Å². The minimum absolute atomic E-state index is 0.0374. The van der Waals surface area contributed by atoms with Gasteiger partial charge in [-0.2, -0.15) is 0 Å². The maximum Gasteiger partial charge on any atom is 0.313 e. The van der Waals surface area contributed by atoms with Crippen LogP contribution in [-0.2, 0) is 25.7 Å². The summed E-state index contributed by atoms with van der Waals surface area (Å²) in [6.07, 6.45) is -0.358. The number of Topliss-reactive ketones (excluding diaryl/α,β-unsaturated/α-hetero) is 1. The smallest absolute Gasteiger partial charge is 0.313 e. The minimum atomic E-state index is -0.652. The number of non-ortho nitro benzene ring substituents is 1. The summed E-state index contributed by atoms with van der Waals surface area (Å²) in [5, 5.41) is 10.5. The van der Waals surface area contributed by atoms with Crippen LogP contribution in [0.4, 0.5) is 5.69 Å². The molecule has 0 spiro atoms. The first-order valence-corrected chi connectivity index (χ1v) is 6.72. The molecule has 0 bridgehead atoms. The van der Waals surface area contributed by atoms with Gasteiger partial charge < -0.3 is 9.47 Å². The number of benzene rings is 1. The molecule has 0 aromatic heterocycles. The van der Waals surface area contributed by atoms with Gasteiger partial charge in [0.15, 0.2) is 5.78 Å². The quantitative estimate of drug-likeness (QED) is 0.332. The molecule has 7 heteroatoms. The summed E-state index contributed by atoms with van der Waals surface area (Å²) in [4.78, 5) is 33.0. The fraction of sp³-hybridized carbons (Fsp3) is 0.467. The number of nitro groups is 1. The van der Waals surface area contributed by atoms with Crippen LogP contribution in [0, 0.1) is 10.1 Å². The normalized spacial score (nSPS) is 11.0. The molecule has 0 aliphatic rings. The van der Waals surface area contributed by atoms with Crippen molar-refractivity contribution in [1.82, 2.24) is 0 Å². The number of ether oxygens (including phenoxy) is 2. The van der Waals surface area contributed by atoms with E-state index in [1.54, 1.807) is 0 Å². The predicted molar refractivity (Wildman–Crippen MR) is 78.2 cm³/mol. The molecule has 0 amide bonds. The zero-order valence-electron chi connectivity index (χ0n) is 12.8. The molecular formula is C15H19NO6. The Balaban J connectivity index is 2.36. The lowest BCUT2D eigenvalue weighted by Crippen LogP contribution is -2.25. The number of carbonyl (C=O) groups is 2. The number of nitrogens with zero attached hydrogens (tertiary/aromatic N) is 1. The summed E-state index contributed by atoms with van der Waals surface area (Å²) in [7, 11) is 0. The number of ketones is 1. The molecule has 0 atom stereocenters. The second-order valence-electron chi connectivity index (χ2n) is 5.70. The molecule has 0 aliphatic carbocycles. The first-order valence-electron chi connectivity index (χ1n) is 6.72. The highest BCUT2D eigenvalue weighted by atomic mass is 16.6. The van der Waals surface area contributed by atoms with Crippen molar-refractivity contribution in [3.05, 3.63) is 39.9 Å². The summed E-state index contributed by atoms with van der Waals surface area (Å²) in [5.74, 6) is -1.01. The number of carbonyl (C=O) groups excluding carboxylic acids is 2. The minimum Gasteiger partial charge on any atom is -0.460 e. The van der Waals surface area contributed by atoms with E-state index in [4.69, 9.17) is 9.47 Å². The van der Waals surface area contributed by atoms with Crippen LogP contribution in [-0.4, -0.2) is 28.9 Å². The van der Waals surface area contributed by atoms with Crippen LogP contribution in [0.5, 0.6) is 0 Å². The lowest BCUT2D eigenvalue weighted by Gasteiger charge is -2.18. The van der Waals surface area contributed by atoms with E-state index >= 15 is 0 Å². The first-order chi connectivity index (χ1) is 10.2. The van der Waals surface area contributed by atoms with Gasteiger partial charge in [0.05, 0.1) is 10.5 Å². The standard InChI is InChI=1S/C15H19NO6/c1-15(2,3)22-10-13(17)8-14(18)21-9-11-4-6-12(7-5-11)16(19)20/h4-7H,8-10H2,1-3H3. The van der Waals surface area contributed by atoms with Crippen molar-refractivity contribution in [1.29, 1.82) is 0 Å². The van der Waals surface area contributed by atoms with E-state index in [1.807, 2.05) is 20.8 Å². The Morgan fingerprint density at radius 2 is 1.77 bits per heavy atom. The van der Waals surface area contributed by atoms with Crippen LogP contribution in [0.1, 0.15) is 32.8 Å². The number of hydrogen-bond acceptors (Lipinski definition) is 6. The van der Waals surface area contributed by atoms with Gasteiger partial charge >= 0.3 is 5.97 Å². The van der Waals surface area contributed by atoms with Gasteiger partial charge in [-0.3, -0.25) is 19.7 Å². The lowest BCUT2D eigenvalue weighted by atomic mass is 10.2. The molecule has 0 heterocycles. The summed E-state index contributed by atoms with van der Waals surface area (Å²) in [5.41, 5.74) is 0.125. The molecule has 0 unspecified atom stereocenters. The molecule has 22 heavy (non-hydrogen) atoms. The molecule has 0 saturated carbocycles. The summed E-state index contributed by atoms with van der Waals surface area (Å²) in [6, 6.07) is 5.64. The van der Waals surface area contributed by atoms with E-state index < -0.39 is 16.5 Å². The number of nitro benzene ring substituents is 1. The predicted octanol–water partition coefficient (Wildman–Crippen LogP) is 2.41. The Hall–Kier alpha value is -2.28. The maximum absolute atomic E-state index is 11.5. The second-order valence-corrected chi connectivity index (χ2v) is 5.70. The maximum atomic E-state index is 11.5. The van der Waals surface area contributed by atoms with Crippen molar-refractivity contribution in [2.45, 2.75) is 39.4 Å². The van der Waals surface area contributed by atoms with E-state index in [0.29, 0.717) is 5.56 Å². The van der Waals surface area contributed by atoms with Gasteiger partial charge in [-0.1, -0.05) is 0 Å². The molecule has 0 fully saturated rings. The Morgan fingerprint density at radius 1 is 1.18 bits per heavy atom. The van der Waals surface area contributed by atoms with E-state index in [0.717, 1.165) is 0 Å². The van der Waals surface area contributed by atoms with Crippen LogP contribution in [0.2, 0.25) is 0 Å². The molecule has 7 nitrogen and oxygen atoms in total. The van der Waals surface area contributed by atoms with Crippen molar-refractivity contribution in [2.75, 3.05) is 6.61 Å². The summed E-state index contributed by atoms with van der Waals surface area (Å²) < 4.78 is 10.2. The number of rotatable bonds is 7. The molecule has 0 aliphatic heterocycles. The molecule has 1 aromatic rings. The van der Waals surface area contributed by atoms with Crippen LogP contribution in [0.3, 0.4) is 0 Å². The van der Waals surface area contributed by atoms with Crippen LogP contribution >= 0.6 is 0 Å². The summed E-state index contributed by atoms with van der Waals surface area (Å²) in [6.45, 7) is 5.26. The third kappa shape index (κ3) is 6.94. The molecular weight excluding hydrogens is 290 g/mol. The van der Waals surface area contributed by atoms with Gasteiger partial charge in [-0.05, 0) is 38.5 Å². The largest absolute Gasteiger partial charge is 0.460 e. The Kier molecular flexibility index (Phi) is 6.18. The number of esters is 1. The van der Waals surface area contributed by atoms with E-state index in [1.165, 1.54) is 24.3 Å². The SMILES string of the molecule is CC(C)(C)OCC(=O)CC(=O)OCc1ccc([N+](=O)[O-])cc1. The van der Waals surface area contributed by atoms with E-state index in [9.17, 15) is 19.7 Å². The van der Waals surface area contributed by atoms with Crippen LogP contribution in [0.15, 0.2) is 24.3 Å². The highest BCUT2D eigenvalue weighted by Crippen LogP contribution is 2.13. The number of hydrogen-bond donors (Lipinski definition) is 0. The fourth-order valence-corrected chi connectivity index (χ4v) is 1.44. The monoisotopic (exact) mass is 309 g/mol. The van der Waals surface area contributed by atoms with Crippen molar-refractivity contribution in [2.24, 2.45) is 0 Å². The highest BCUT2D eigenvalue weighted by molar-refractivity contribution is 5.96. The third-order valence-corrected chi connectivity index (χ3v) is 2.55. The van der Waals surface area contributed by atoms with Gasteiger partial charge in [0.2, 0.25) is 0 Å². The summed E-state index contributed by atoms with van der Waals surface area (Å²) >= 11 is 0. The molecule has 0 saturated heterocycles. The van der Waals surface area contributed by atoms with Gasteiger partial charge in [-0.15, -0.1) is 0 Å². The topological polar surface area (TPSA) is 95.7 Å². The van der Waals surface area contributed by atoms with Gasteiger partial charge in [0, 0.05) is 12.1 Å². The van der Waals surface area contributed by atoms with Gasteiger partial charge in [-0.25, -0.2) is 0 Å². The van der Waals surface area contributed by atoms with Crippen molar-refractivity contribution < 1.29 is 24.0 Å². The lowest BCUT2D eigenvalue weighted by molar-refractivity contribution is -0.384. The van der Waals surface area contributed by atoms with Crippen LogP contribution < -0.4 is 0 Å². The van der Waals surface area contributed by atoms with Crippen LogP contribution in [0.25, 0.3) is 0 Å². The average molecular weight is 309 g/mol. The second kappa shape index (κ2) is 7.65. The molecule has 1 rings (SSSR count). The van der Waals surface area contributed by atoms with E-state index in [2.05, 4.69) is 0 Å². The molecule has 1 aromatic carbocycles. The van der Waals surface area contributed by atoms with E-state index in [-0.39, 0.29) is 31.1 Å². The third-order valence-electron chi connectivity index (χ3n) is 2.55. The zero-order valence-corrected chi connectivity index (χ0v) is 12.8. The first kappa shape index (κ1) is 17.8. The van der Waals surface area contributed by atoms with Gasteiger partial charge in [0.25, 0.3) is 5.69 Å². The highest BCUT2D eigenvalue weighted by Gasteiger charge is 2.16. The molecule has 120 valence electrons. The van der Waals surface area contributed by atoms with Crippen molar-refractivity contribution in [3.63, 3.8) is 0 Å². The Labute approximate surface area is 128 Å². The Morgan fingerprint density at radius 3 is 2.27 bits per heavy atom. The molecule has 0 N–H and O–H groups in total. The molecule has 0 radical (unpaired) electrons. The van der Waals surface area contributed by atoms with Crippen molar-refractivity contribution in [3.8, 4) is 0 Å². The Bertz CT molecular complexity index is 544.